The Bertz CT molecular complexity index is 3180. The predicted octanol–water partition coefficient (Wildman–Crippen LogP) is 13.7. The van der Waals surface area contributed by atoms with Gasteiger partial charge in [-0.15, -0.1) is 11.3 Å². The lowest BCUT2D eigenvalue weighted by Gasteiger charge is -2.16. The fourth-order valence-corrected chi connectivity index (χ4v) is 9.11. The molecular weight excluding hydrogens is 701 g/mol. The lowest BCUT2D eigenvalue weighted by Crippen LogP contribution is -2.04. The number of benzene rings is 8. The van der Waals surface area contributed by atoms with E-state index in [2.05, 4.69) is 162 Å². The van der Waals surface area contributed by atoms with E-state index in [0.717, 1.165) is 44.5 Å². The summed E-state index contributed by atoms with van der Waals surface area (Å²) in [4.78, 5) is 15.6. The van der Waals surface area contributed by atoms with Crippen LogP contribution < -0.4 is 0 Å². The molecule has 262 valence electrons. The van der Waals surface area contributed by atoms with Gasteiger partial charge < -0.3 is 4.57 Å². The first-order valence-corrected chi connectivity index (χ1v) is 19.6. The summed E-state index contributed by atoms with van der Waals surface area (Å²) in [7, 11) is 0. The maximum absolute atomic E-state index is 5.26. The summed E-state index contributed by atoms with van der Waals surface area (Å²) in [5, 5.41) is 4.96. The van der Waals surface area contributed by atoms with Gasteiger partial charge in [0.05, 0.1) is 16.7 Å². The van der Waals surface area contributed by atoms with E-state index in [1.165, 1.54) is 42.1 Å². The Kier molecular flexibility index (Phi) is 7.64. The van der Waals surface area contributed by atoms with Crippen molar-refractivity contribution >= 4 is 53.3 Å². The first-order valence-electron chi connectivity index (χ1n) is 18.8. The summed E-state index contributed by atoms with van der Waals surface area (Å²) < 4.78 is 4.94. The molecule has 5 heteroatoms. The molecule has 0 aliphatic heterocycles. The fourth-order valence-electron chi connectivity index (χ4n) is 7.97. The van der Waals surface area contributed by atoms with E-state index in [4.69, 9.17) is 15.0 Å². The van der Waals surface area contributed by atoms with Crippen LogP contribution in [0.1, 0.15) is 0 Å². The third-order valence-electron chi connectivity index (χ3n) is 10.7. The smallest absolute Gasteiger partial charge is 0.166 e. The molecule has 0 N–H and O–H groups in total. The molecule has 11 rings (SSSR count). The largest absolute Gasteiger partial charge is 0.309 e. The molecule has 8 aromatic carbocycles. The van der Waals surface area contributed by atoms with Crippen LogP contribution in [-0.4, -0.2) is 19.5 Å². The predicted molar refractivity (Wildman–Crippen MR) is 234 cm³/mol. The molecule has 4 nitrogen and oxygen atoms in total. The van der Waals surface area contributed by atoms with Gasteiger partial charge in [-0.2, -0.15) is 0 Å². The Morgan fingerprint density at radius 1 is 0.321 bits per heavy atom. The number of fused-ring (bicyclic) bond motifs is 6. The second-order valence-electron chi connectivity index (χ2n) is 14.0. The van der Waals surface area contributed by atoms with Crippen LogP contribution >= 0.6 is 11.3 Å². The van der Waals surface area contributed by atoms with Crippen LogP contribution in [0.15, 0.2) is 194 Å². The lowest BCUT2D eigenvalue weighted by molar-refractivity contribution is 1.06. The van der Waals surface area contributed by atoms with Crippen LogP contribution in [0, 0.1) is 0 Å². The van der Waals surface area contributed by atoms with Gasteiger partial charge in [0.2, 0.25) is 0 Å². The normalized spacial score (nSPS) is 11.6. The Hall–Kier alpha value is -7.21. The zero-order valence-electron chi connectivity index (χ0n) is 30.2. The maximum atomic E-state index is 5.26. The Balaban J connectivity index is 1.19. The minimum atomic E-state index is 0.615. The molecule has 0 radical (unpaired) electrons. The number of thiophene rings is 1. The molecule has 0 saturated carbocycles. The van der Waals surface area contributed by atoms with Crippen molar-refractivity contribution in [3.05, 3.63) is 194 Å². The maximum Gasteiger partial charge on any atom is 0.166 e. The number of nitrogens with zero attached hydrogens (tertiary/aromatic N) is 4. The van der Waals surface area contributed by atoms with Crippen molar-refractivity contribution in [2.45, 2.75) is 0 Å². The minimum absolute atomic E-state index is 0.615. The Morgan fingerprint density at radius 2 is 0.839 bits per heavy atom. The van der Waals surface area contributed by atoms with E-state index >= 15 is 0 Å². The topological polar surface area (TPSA) is 43.6 Å². The first-order chi connectivity index (χ1) is 27.7. The van der Waals surface area contributed by atoms with Gasteiger partial charge in [-0.1, -0.05) is 152 Å². The monoisotopic (exact) mass is 732 g/mol. The number of hydrogen-bond acceptors (Lipinski definition) is 4. The molecule has 0 spiro atoms. The second kappa shape index (κ2) is 13.3. The molecule has 0 atom stereocenters. The highest BCUT2D eigenvalue weighted by Gasteiger charge is 2.21. The molecule has 0 bridgehead atoms. The number of rotatable bonds is 6. The molecule has 11 aromatic rings. The molecule has 0 saturated heterocycles. The van der Waals surface area contributed by atoms with E-state index in [-0.39, 0.29) is 0 Å². The van der Waals surface area contributed by atoms with Gasteiger partial charge >= 0.3 is 0 Å². The summed E-state index contributed by atoms with van der Waals surface area (Å²) in [6.45, 7) is 0. The van der Waals surface area contributed by atoms with E-state index in [1.807, 2.05) is 47.7 Å². The van der Waals surface area contributed by atoms with Crippen LogP contribution in [0.25, 0.3) is 104 Å². The molecule has 0 fully saturated rings. The van der Waals surface area contributed by atoms with E-state index in [0.29, 0.717) is 17.5 Å². The fraction of sp³-hybridized carbons (Fsp3) is 0. The SMILES string of the molecule is c1ccc(-c2ccc3c(c2)c2ccccc2n3-c2ccc(-c3ccc4c(c3)sc3ccccc34)cc2-c2nc(-c3ccccc3)nc(-c3ccccc3)n2)cc1. The summed E-state index contributed by atoms with van der Waals surface area (Å²) >= 11 is 1.84. The van der Waals surface area contributed by atoms with Gasteiger partial charge in [0.1, 0.15) is 0 Å². The zero-order chi connectivity index (χ0) is 37.0. The van der Waals surface area contributed by atoms with Crippen molar-refractivity contribution in [2.24, 2.45) is 0 Å². The van der Waals surface area contributed by atoms with Crippen molar-refractivity contribution in [1.82, 2.24) is 19.5 Å². The van der Waals surface area contributed by atoms with Crippen molar-refractivity contribution < 1.29 is 0 Å². The molecule has 56 heavy (non-hydrogen) atoms. The molecule has 3 aromatic heterocycles. The van der Waals surface area contributed by atoms with E-state index < -0.39 is 0 Å². The standard InChI is InChI=1S/C51H32N4S/c1-4-14-33(15-5-1)36-25-28-45-42(30-36)39-20-10-12-22-44(39)55(45)46-29-26-37(38-24-27-41-40-21-11-13-23-47(40)56-48(41)32-38)31-43(46)51-53-49(34-16-6-2-7-17-34)52-50(54-51)35-18-8-3-9-19-35/h1-32H. The second-order valence-corrected chi connectivity index (χ2v) is 15.1. The minimum Gasteiger partial charge on any atom is -0.309 e. The lowest BCUT2D eigenvalue weighted by atomic mass is 9.99. The molecule has 0 unspecified atom stereocenters. The molecule has 0 amide bonds. The van der Waals surface area contributed by atoms with E-state index in [1.54, 1.807) is 0 Å². The van der Waals surface area contributed by atoms with Gasteiger partial charge in [0.25, 0.3) is 0 Å². The highest BCUT2D eigenvalue weighted by atomic mass is 32.1. The third kappa shape index (κ3) is 5.48. The Labute approximate surface area is 327 Å². The van der Waals surface area contributed by atoms with Crippen molar-refractivity contribution in [2.75, 3.05) is 0 Å². The summed E-state index contributed by atoms with van der Waals surface area (Å²) in [5.41, 5.74) is 10.7. The van der Waals surface area contributed by atoms with Gasteiger partial charge in [-0.25, -0.2) is 15.0 Å². The van der Waals surface area contributed by atoms with Crippen molar-refractivity contribution in [3.8, 4) is 62.1 Å². The van der Waals surface area contributed by atoms with Gasteiger partial charge in [0.15, 0.2) is 17.5 Å². The average Bonchev–Trinajstić information content (AvgIpc) is 3.82. The summed E-state index contributed by atoms with van der Waals surface area (Å²) in [6.07, 6.45) is 0. The van der Waals surface area contributed by atoms with Crippen LogP contribution in [0.5, 0.6) is 0 Å². The third-order valence-corrected chi connectivity index (χ3v) is 11.8. The first kappa shape index (κ1) is 32.2. The molecule has 0 aliphatic carbocycles. The average molecular weight is 733 g/mol. The van der Waals surface area contributed by atoms with Gasteiger partial charge in [-0.05, 0) is 64.7 Å². The summed E-state index contributed by atoms with van der Waals surface area (Å²) in [6, 6.07) is 68.7. The van der Waals surface area contributed by atoms with Gasteiger partial charge in [-0.3, -0.25) is 0 Å². The quantitative estimate of drug-likeness (QED) is 0.171. The molecular formula is C51H32N4S. The van der Waals surface area contributed by atoms with E-state index in [9.17, 15) is 0 Å². The van der Waals surface area contributed by atoms with Crippen molar-refractivity contribution in [1.29, 1.82) is 0 Å². The highest BCUT2D eigenvalue weighted by molar-refractivity contribution is 7.25. The Morgan fingerprint density at radius 3 is 1.57 bits per heavy atom. The van der Waals surface area contributed by atoms with Crippen LogP contribution in [0.2, 0.25) is 0 Å². The molecule has 0 aliphatic rings. The summed E-state index contributed by atoms with van der Waals surface area (Å²) in [5.74, 6) is 1.88. The number of aromatic nitrogens is 4. The van der Waals surface area contributed by atoms with Crippen LogP contribution in [0.3, 0.4) is 0 Å². The zero-order valence-corrected chi connectivity index (χ0v) is 31.0. The van der Waals surface area contributed by atoms with Crippen molar-refractivity contribution in [3.63, 3.8) is 0 Å². The van der Waals surface area contributed by atoms with Gasteiger partial charge in [0, 0.05) is 47.6 Å². The number of hydrogen-bond donors (Lipinski definition) is 0. The highest BCUT2D eigenvalue weighted by Crippen LogP contribution is 2.41. The van der Waals surface area contributed by atoms with Crippen LogP contribution in [0.4, 0.5) is 0 Å². The number of para-hydroxylation sites is 1. The van der Waals surface area contributed by atoms with Crippen LogP contribution in [-0.2, 0) is 0 Å². The molecule has 3 heterocycles.